The zero-order chi connectivity index (χ0) is 17.1. The second-order valence-corrected chi connectivity index (χ2v) is 6.95. The van der Waals surface area contributed by atoms with E-state index < -0.39 is 0 Å². The first-order valence-corrected chi connectivity index (χ1v) is 8.88. The van der Waals surface area contributed by atoms with Crippen LogP contribution in [-0.2, 0) is 11.2 Å². The fourth-order valence-corrected chi connectivity index (χ4v) is 3.29. The Morgan fingerprint density at radius 3 is 2.79 bits per heavy atom. The van der Waals surface area contributed by atoms with E-state index in [-0.39, 0.29) is 11.2 Å². The molecule has 3 rings (SSSR count). The highest BCUT2D eigenvalue weighted by atomic mass is 32.2. The number of benzene rings is 2. The highest BCUT2D eigenvalue weighted by Gasteiger charge is 2.19. The maximum atomic E-state index is 12.6. The van der Waals surface area contributed by atoms with Crippen LogP contribution in [0.4, 0.5) is 5.69 Å². The van der Waals surface area contributed by atoms with Crippen molar-refractivity contribution in [1.82, 2.24) is 4.98 Å². The molecule has 124 valence electrons. The van der Waals surface area contributed by atoms with Crippen LogP contribution in [0.15, 0.2) is 52.1 Å². The summed E-state index contributed by atoms with van der Waals surface area (Å²) < 4.78 is 5.68. The third kappa shape index (κ3) is 3.46. The van der Waals surface area contributed by atoms with Crippen molar-refractivity contribution < 1.29 is 9.21 Å². The van der Waals surface area contributed by atoms with Crippen molar-refractivity contribution in [3.8, 4) is 0 Å². The first-order valence-electron chi connectivity index (χ1n) is 8.00. The third-order valence-corrected chi connectivity index (χ3v) is 4.85. The molecule has 0 bridgehead atoms. The molecule has 24 heavy (non-hydrogen) atoms. The Morgan fingerprint density at radius 2 is 2.04 bits per heavy atom. The smallest absolute Gasteiger partial charge is 0.257 e. The predicted molar refractivity (Wildman–Crippen MR) is 98.5 cm³/mol. The van der Waals surface area contributed by atoms with E-state index in [9.17, 15) is 4.79 Å². The molecule has 3 aromatic rings. The second kappa shape index (κ2) is 7.09. The SMILES string of the molecule is CCc1cccc(C)c1NC(=O)C(C)Sc1nc2ccccc2o1. The van der Waals surface area contributed by atoms with Crippen LogP contribution in [0.1, 0.15) is 25.0 Å². The number of fused-ring (bicyclic) bond motifs is 1. The van der Waals surface area contributed by atoms with Crippen molar-refractivity contribution in [1.29, 1.82) is 0 Å². The van der Waals surface area contributed by atoms with Gasteiger partial charge in [-0.2, -0.15) is 0 Å². The van der Waals surface area contributed by atoms with Crippen LogP contribution in [0.25, 0.3) is 11.1 Å². The van der Waals surface area contributed by atoms with Gasteiger partial charge in [0.1, 0.15) is 5.52 Å². The quantitative estimate of drug-likeness (QED) is 0.677. The van der Waals surface area contributed by atoms with Gasteiger partial charge in [0.15, 0.2) is 5.58 Å². The van der Waals surface area contributed by atoms with Crippen LogP contribution in [-0.4, -0.2) is 16.1 Å². The number of nitrogens with one attached hydrogen (secondary N) is 1. The summed E-state index contributed by atoms with van der Waals surface area (Å²) in [7, 11) is 0. The number of oxazole rings is 1. The highest BCUT2D eigenvalue weighted by molar-refractivity contribution is 8.00. The molecular weight excluding hydrogens is 320 g/mol. The number of anilines is 1. The summed E-state index contributed by atoms with van der Waals surface area (Å²) in [6.45, 7) is 5.95. The highest BCUT2D eigenvalue weighted by Crippen LogP contribution is 2.28. The van der Waals surface area contributed by atoms with Gasteiger partial charge < -0.3 is 9.73 Å². The molecule has 0 aliphatic rings. The average molecular weight is 340 g/mol. The van der Waals surface area contributed by atoms with E-state index in [1.807, 2.05) is 56.3 Å². The summed E-state index contributed by atoms with van der Waals surface area (Å²) >= 11 is 1.33. The van der Waals surface area contributed by atoms with Crippen molar-refractivity contribution in [2.45, 2.75) is 37.7 Å². The van der Waals surface area contributed by atoms with E-state index in [1.54, 1.807) is 0 Å². The first kappa shape index (κ1) is 16.6. The fourth-order valence-electron chi connectivity index (χ4n) is 2.53. The number of rotatable bonds is 5. The van der Waals surface area contributed by atoms with Gasteiger partial charge in [0.2, 0.25) is 5.91 Å². The number of hydrogen-bond donors (Lipinski definition) is 1. The van der Waals surface area contributed by atoms with Crippen LogP contribution in [0, 0.1) is 6.92 Å². The molecule has 0 aliphatic heterocycles. The average Bonchev–Trinajstić information content (AvgIpc) is 2.98. The van der Waals surface area contributed by atoms with Gasteiger partial charge in [-0.1, -0.05) is 49.0 Å². The molecule has 2 aromatic carbocycles. The third-order valence-electron chi connectivity index (χ3n) is 3.91. The van der Waals surface area contributed by atoms with Gasteiger partial charge >= 0.3 is 0 Å². The van der Waals surface area contributed by atoms with Gasteiger partial charge in [0, 0.05) is 5.69 Å². The summed E-state index contributed by atoms with van der Waals surface area (Å²) in [4.78, 5) is 17.0. The summed E-state index contributed by atoms with van der Waals surface area (Å²) in [5, 5.41) is 3.26. The van der Waals surface area contributed by atoms with Crippen molar-refractivity contribution in [2.75, 3.05) is 5.32 Å². The van der Waals surface area contributed by atoms with Gasteiger partial charge in [-0.25, -0.2) is 4.98 Å². The zero-order valence-corrected chi connectivity index (χ0v) is 14.8. The minimum atomic E-state index is -0.303. The number of hydrogen-bond acceptors (Lipinski definition) is 4. The van der Waals surface area contributed by atoms with Gasteiger partial charge in [0.25, 0.3) is 5.22 Å². The lowest BCUT2D eigenvalue weighted by Crippen LogP contribution is -2.23. The molecule has 4 nitrogen and oxygen atoms in total. The minimum absolute atomic E-state index is 0.0498. The molecule has 1 aromatic heterocycles. The van der Waals surface area contributed by atoms with Crippen LogP contribution in [0.5, 0.6) is 0 Å². The Labute approximate surface area is 145 Å². The van der Waals surface area contributed by atoms with Crippen LogP contribution < -0.4 is 5.32 Å². The largest absolute Gasteiger partial charge is 0.431 e. The number of nitrogens with zero attached hydrogens (tertiary/aromatic N) is 1. The monoisotopic (exact) mass is 340 g/mol. The van der Waals surface area contributed by atoms with E-state index in [2.05, 4.69) is 17.2 Å². The molecule has 1 atom stereocenters. The molecule has 0 spiro atoms. The van der Waals surface area contributed by atoms with Gasteiger partial charge in [-0.15, -0.1) is 0 Å². The van der Waals surface area contributed by atoms with Gasteiger partial charge in [-0.3, -0.25) is 4.79 Å². The fraction of sp³-hybridized carbons (Fsp3) is 0.263. The lowest BCUT2D eigenvalue weighted by molar-refractivity contribution is -0.115. The second-order valence-electron chi connectivity index (χ2n) is 5.66. The Balaban J connectivity index is 1.73. The molecule has 0 radical (unpaired) electrons. The summed E-state index contributed by atoms with van der Waals surface area (Å²) in [5.74, 6) is -0.0498. The maximum absolute atomic E-state index is 12.6. The van der Waals surface area contributed by atoms with Crippen LogP contribution >= 0.6 is 11.8 Å². The number of amides is 1. The van der Waals surface area contributed by atoms with Crippen molar-refractivity contribution in [3.63, 3.8) is 0 Å². The number of carbonyl (C=O) groups is 1. The zero-order valence-electron chi connectivity index (χ0n) is 14.0. The molecule has 5 heteroatoms. The summed E-state index contributed by atoms with van der Waals surface area (Å²) in [5.41, 5.74) is 4.67. The standard InChI is InChI=1S/C19H20N2O2S/c1-4-14-9-7-8-12(2)17(14)21-18(22)13(3)24-19-20-15-10-5-6-11-16(15)23-19/h5-11,13H,4H2,1-3H3,(H,21,22). The Kier molecular flexibility index (Phi) is 4.90. The lowest BCUT2D eigenvalue weighted by Gasteiger charge is -2.15. The molecule has 0 saturated heterocycles. The lowest BCUT2D eigenvalue weighted by atomic mass is 10.1. The van der Waals surface area contributed by atoms with Crippen LogP contribution in [0.2, 0.25) is 0 Å². The van der Waals surface area contributed by atoms with E-state index in [4.69, 9.17) is 4.42 Å². The number of para-hydroxylation sites is 3. The number of aryl methyl sites for hydroxylation is 2. The number of carbonyl (C=O) groups excluding carboxylic acids is 1. The summed E-state index contributed by atoms with van der Waals surface area (Å²) in [6, 6.07) is 13.7. The molecule has 1 N–H and O–H groups in total. The minimum Gasteiger partial charge on any atom is -0.431 e. The molecule has 1 heterocycles. The topological polar surface area (TPSA) is 55.1 Å². The Morgan fingerprint density at radius 1 is 1.25 bits per heavy atom. The molecule has 0 fully saturated rings. The van der Waals surface area contributed by atoms with Gasteiger partial charge in [-0.05, 0) is 43.5 Å². The van der Waals surface area contributed by atoms with E-state index >= 15 is 0 Å². The molecular formula is C19H20N2O2S. The molecule has 0 saturated carbocycles. The van der Waals surface area contributed by atoms with Crippen molar-refractivity contribution >= 4 is 34.5 Å². The maximum Gasteiger partial charge on any atom is 0.257 e. The first-order chi connectivity index (χ1) is 11.6. The normalized spacial score (nSPS) is 12.3. The molecule has 1 unspecified atom stereocenters. The molecule has 1 amide bonds. The predicted octanol–water partition coefficient (Wildman–Crippen LogP) is 4.82. The van der Waals surface area contributed by atoms with Crippen molar-refractivity contribution in [2.24, 2.45) is 0 Å². The number of thioether (sulfide) groups is 1. The van der Waals surface area contributed by atoms with Crippen molar-refractivity contribution in [3.05, 3.63) is 53.6 Å². The van der Waals surface area contributed by atoms with Crippen LogP contribution in [0.3, 0.4) is 0 Å². The molecule has 0 aliphatic carbocycles. The van der Waals surface area contributed by atoms with Gasteiger partial charge in [0.05, 0.1) is 5.25 Å². The van der Waals surface area contributed by atoms with E-state index in [0.29, 0.717) is 5.22 Å². The Bertz CT molecular complexity index is 840. The summed E-state index contributed by atoms with van der Waals surface area (Å²) in [6.07, 6.45) is 0.879. The number of aromatic nitrogens is 1. The van der Waals surface area contributed by atoms with E-state index in [0.717, 1.165) is 34.3 Å². The Hall–Kier alpha value is -2.27. The van der Waals surface area contributed by atoms with E-state index in [1.165, 1.54) is 11.8 Å².